The van der Waals surface area contributed by atoms with Gasteiger partial charge in [-0.05, 0) is 49.6 Å². The molecule has 1 saturated heterocycles. The number of hydrogen-bond donors (Lipinski definition) is 2. The number of nitrogens with zero attached hydrogens (tertiary/aromatic N) is 5. The van der Waals surface area contributed by atoms with Crippen LogP contribution in [0.3, 0.4) is 0 Å². The summed E-state index contributed by atoms with van der Waals surface area (Å²) in [4.78, 5) is 59.7. The van der Waals surface area contributed by atoms with Crippen LogP contribution in [0.4, 0.5) is 5.69 Å². The molecule has 11 nitrogen and oxygen atoms in total. The summed E-state index contributed by atoms with van der Waals surface area (Å²) in [6, 6.07) is 9.68. The van der Waals surface area contributed by atoms with Crippen molar-refractivity contribution in [3.63, 3.8) is 0 Å². The Kier molecular flexibility index (Phi) is 7.84. The molecule has 1 aromatic heterocycles. The highest BCUT2D eigenvalue weighted by atomic mass is 35.5. The van der Waals surface area contributed by atoms with Gasteiger partial charge in [-0.1, -0.05) is 30.5 Å². The first-order chi connectivity index (χ1) is 20.4. The number of hydrazone groups is 1. The van der Waals surface area contributed by atoms with Gasteiger partial charge >= 0.3 is 0 Å². The molecular formula is C30H30ClN7O4. The molecule has 2 unspecified atom stereocenters. The molecule has 1 fully saturated rings. The quantitative estimate of drug-likeness (QED) is 0.270. The third-order valence-corrected chi connectivity index (χ3v) is 8.16. The lowest BCUT2D eigenvalue weighted by molar-refractivity contribution is -0.136. The van der Waals surface area contributed by atoms with Gasteiger partial charge in [0.1, 0.15) is 11.6 Å². The Morgan fingerprint density at radius 2 is 1.83 bits per heavy atom. The van der Waals surface area contributed by atoms with Crippen molar-refractivity contribution in [2.45, 2.75) is 50.5 Å². The highest BCUT2D eigenvalue weighted by Crippen LogP contribution is 2.30. The van der Waals surface area contributed by atoms with Crippen LogP contribution < -0.4 is 10.6 Å². The van der Waals surface area contributed by atoms with Crippen LogP contribution in [0.15, 0.2) is 47.7 Å². The van der Waals surface area contributed by atoms with Gasteiger partial charge < -0.3 is 5.32 Å². The number of benzene rings is 2. The summed E-state index contributed by atoms with van der Waals surface area (Å²) >= 11 is 6.29. The van der Waals surface area contributed by atoms with Crippen LogP contribution in [0.1, 0.15) is 70.9 Å². The average molecular weight is 588 g/mol. The van der Waals surface area contributed by atoms with E-state index in [1.165, 1.54) is 0 Å². The first-order valence-corrected chi connectivity index (χ1v) is 14.6. The molecule has 216 valence electrons. The first-order valence-electron chi connectivity index (χ1n) is 14.2. The molecule has 0 bridgehead atoms. The minimum absolute atomic E-state index is 0.0907. The van der Waals surface area contributed by atoms with E-state index in [0.717, 1.165) is 67.1 Å². The molecule has 2 N–H and O–H groups in total. The standard InChI is InChI=1S/C30H30ClN7O4/c31-22-6-5-7-23-27(22)35-24(16-33-23)18-15-34-37(17-18)13-4-2-1-3-12-32-19-8-9-20-21(14-19)30(42)38(29(20)41)25-10-11-26(39)36-28(25)40/h5-9,14-16,18,25,32H,1-4,10-13,17H2,(H,36,39,40). The number of unbranched alkanes of at least 4 members (excludes halogenated alkanes) is 3. The molecule has 42 heavy (non-hydrogen) atoms. The topological polar surface area (TPSA) is 137 Å². The molecule has 0 aliphatic carbocycles. The van der Waals surface area contributed by atoms with E-state index in [4.69, 9.17) is 16.6 Å². The highest BCUT2D eigenvalue weighted by Gasteiger charge is 2.44. The maximum absolute atomic E-state index is 13.0. The lowest BCUT2D eigenvalue weighted by Gasteiger charge is -2.27. The number of rotatable bonds is 10. The molecule has 3 aliphatic heterocycles. The van der Waals surface area contributed by atoms with Crippen LogP contribution in [0.5, 0.6) is 0 Å². The van der Waals surface area contributed by atoms with Gasteiger partial charge in [0, 0.05) is 44.2 Å². The van der Waals surface area contributed by atoms with E-state index >= 15 is 0 Å². The van der Waals surface area contributed by atoms with Gasteiger partial charge in [0.05, 0.1) is 33.3 Å². The fraction of sp³-hybridized carbons (Fsp3) is 0.367. The summed E-state index contributed by atoms with van der Waals surface area (Å²) in [7, 11) is 0. The number of carbonyl (C=O) groups excluding carboxylic acids is 4. The second-order valence-electron chi connectivity index (χ2n) is 10.7. The summed E-state index contributed by atoms with van der Waals surface area (Å²) in [5.74, 6) is -1.92. The molecule has 12 heteroatoms. The molecule has 2 atom stereocenters. The number of piperidine rings is 1. The second kappa shape index (κ2) is 11.8. The predicted molar refractivity (Wildman–Crippen MR) is 157 cm³/mol. The van der Waals surface area contributed by atoms with Crippen molar-refractivity contribution < 1.29 is 19.2 Å². The zero-order chi connectivity index (χ0) is 29.2. The van der Waals surface area contributed by atoms with E-state index in [-0.39, 0.29) is 29.9 Å². The number of nitrogens with one attached hydrogen (secondary N) is 2. The smallest absolute Gasteiger partial charge is 0.262 e. The van der Waals surface area contributed by atoms with Crippen LogP contribution in [0.2, 0.25) is 5.02 Å². The van der Waals surface area contributed by atoms with Crippen molar-refractivity contribution >= 4 is 58.2 Å². The fourth-order valence-electron chi connectivity index (χ4n) is 5.59. The number of para-hydroxylation sites is 1. The number of hydrogen-bond acceptors (Lipinski definition) is 9. The van der Waals surface area contributed by atoms with Gasteiger partial charge in [0.15, 0.2) is 0 Å². The molecule has 0 spiro atoms. The van der Waals surface area contributed by atoms with Crippen LogP contribution in [0.25, 0.3) is 11.0 Å². The molecule has 4 heterocycles. The normalized spacial score (nSPS) is 20.0. The van der Waals surface area contributed by atoms with Gasteiger partial charge in [-0.3, -0.25) is 39.4 Å². The zero-order valence-electron chi connectivity index (χ0n) is 22.9. The summed E-state index contributed by atoms with van der Waals surface area (Å²) in [6.45, 7) is 2.37. The van der Waals surface area contributed by atoms with Gasteiger partial charge in [0.2, 0.25) is 11.8 Å². The Labute approximate surface area is 247 Å². The Morgan fingerprint density at radius 3 is 2.69 bits per heavy atom. The molecule has 3 aromatic rings. The summed E-state index contributed by atoms with van der Waals surface area (Å²) < 4.78 is 0. The number of aromatic nitrogens is 2. The molecule has 0 saturated carbocycles. The Hall–Kier alpha value is -4.38. The lowest BCUT2D eigenvalue weighted by atomic mass is 10.0. The Bertz CT molecular complexity index is 1610. The molecule has 2 aromatic carbocycles. The Balaban J connectivity index is 0.917. The summed E-state index contributed by atoms with van der Waals surface area (Å²) in [5.41, 5.74) is 3.66. The SMILES string of the molecule is O=C1CCC(N2C(=O)c3ccc(NCCCCCCN4CC(c5cnc6cccc(Cl)c6n5)C=N4)cc3C2=O)C(=O)N1. The number of halogens is 1. The highest BCUT2D eigenvalue weighted by molar-refractivity contribution is 6.34. The molecule has 0 radical (unpaired) electrons. The van der Waals surface area contributed by atoms with E-state index < -0.39 is 29.7 Å². The van der Waals surface area contributed by atoms with Crippen molar-refractivity contribution in [1.29, 1.82) is 0 Å². The Morgan fingerprint density at radius 1 is 1.00 bits per heavy atom. The van der Waals surface area contributed by atoms with E-state index in [1.807, 2.05) is 24.4 Å². The minimum Gasteiger partial charge on any atom is -0.385 e. The lowest BCUT2D eigenvalue weighted by Crippen LogP contribution is -2.54. The molecular weight excluding hydrogens is 558 g/mol. The minimum atomic E-state index is -0.963. The van der Waals surface area contributed by atoms with Crippen molar-refractivity contribution in [1.82, 2.24) is 25.2 Å². The monoisotopic (exact) mass is 587 g/mol. The third kappa shape index (κ3) is 5.56. The van der Waals surface area contributed by atoms with Crippen LogP contribution in [0, 0.1) is 0 Å². The van der Waals surface area contributed by atoms with Crippen LogP contribution >= 0.6 is 11.6 Å². The van der Waals surface area contributed by atoms with Crippen molar-refractivity contribution in [3.8, 4) is 0 Å². The zero-order valence-corrected chi connectivity index (χ0v) is 23.6. The largest absolute Gasteiger partial charge is 0.385 e. The van der Waals surface area contributed by atoms with Gasteiger partial charge in [-0.25, -0.2) is 4.98 Å². The van der Waals surface area contributed by atoms with Gasteiger partial charge in [-0.2, -0.15) is 5.10 Å². The number of amides is 4. The molecule has 4 amide bonds. The van der Waals surface area contributed by atoms with Crippen LogP contribution in [-0.2, 0) is 9.59 Å². The van der Waals surface area contributed by atoms with E-state index in [9.17, 15) is 19.2 Å². The van der Waals surface area contributed by atoms with Crippen molar-refractivity contribution in [2.24, 2.45) is 5.10 Å². The van der Waals surface area contributed by atoms with Gasteiger partial charge in [-0.15, -0.1) is 0 Å². The molecule has 3 aliphatic rings. The predicted octanol–water partition coefficient (Wildman–Crippen LogP) is 3.74. The average Bonchev–Trinajstić information content (AvgIpc) is 3.55. The first kappa shape index (κ1) is 27.8. The number of imide groups is 2. The summed E-state index contributed by atoms with van der Waals surface area (Å²) in [6.07, 6.45) is 8.02. The maximum Gasteiger partial charge on any atom is 0.262 e. The maximum atomic E-state index is 13.0. The van der Waals surface area contributed by atoms with E-state index in [2.05, 4.69) is 25.7 Å². The number of fused-ring (bicyclic) bond motifs is 2. The summed E-state index contributed by atoms with van der Waals surface area (Å²) in [5, 5.41) is 12.8. The number of carbonyl (C=O) groups is 4. The van der Waals surface area contributed by atoms with E-state index in [0.29, 0.717) is 10.5 Å². The fourth-order valence-corrected chi connectivity index (χ4v) is 5.80. The molecule has 6 rings (SSSR count). The van der Waals surface area contributed by atoms with Crippen molar-refractivity contribution in [2.75, 3.05) is 25.0 Å². The number of anilines is 1. The van der Waals surface area contributed by atoms with E-state index in [1.54, 1.807) is 24.4 Å². The second-order valence-corrected chi connectivity index (χ2v) is 11.1. The van der Waals surface area contributed by atoms with Crippen molar-refractivity contribution in [3.05, 3.63) is 64.4 Å². The van der Waals surface area contributed by atoms with Gasteiger partial charge in [0.25, 0.3) is 11.8 Å². The van der Waals surface area contributed by atoms with Crippen LogP contribution in [-0.4, -0.2) is 75.4 Å². The third-order valence-electron chi connectivity index (χ3n) is 7.85.